The molecule has 1 unspecified atom stereocenters. The Morgan fingerprint density at radius 3 is 2.18 bits per heavy atom. The highest BCUT2D eigenvalue weighted by Crippen LogP contribution is 2.25. The molecule has 2 aromatic rings. The number of aliphatic hydroxyl groups is 1. The van der Waals surface area contributed by atoms with Gasteiger partial charge in [0.15, 0.2) is 11.9 Å². The molecule has 4 nitrogen and oxygen atoms in total. The van der Waals surface area contributed by atoms with Gasteiger partial charge in [0.2, 0.25) is 5.76 Å². The second-order valence-corrected chi connectivity index (χ2v) is 5.07. The Labute approximate surface area is 128 Å². The summed E-state index contributed by atoms with van der Waals surface area (Å²) in [5, 5.41) is 10.2. The first kappa shape index (κ1) is 14.2. The van der Waals surface area contributed by atoms with Crippen LogP contribution in [0.5, 0.6) is 0 Å². The van der Waals surface area contributed by atoms with Crippen LogP contribution in [0.25, 0.3) is 0 Å². The average Bonchev–Trinajstić information content (AvgIpc) is 2.81. The quantitative estimate of drug-likeness (QED) is 0.861. The summed E-state index contributed by atoms with van der Waals surface area (Å²) in [6.45, 7) is 0.216. The number of ether oxygens (including phenoxy) is 2. The van der Waals surface area contributed by atoms with Crippen LogP contribution in [0.15, 0.2) is 72.2 Å². The van der Waals surface area contributed by atoms with Gasteiger partial charge in [0.05, 0.1) is 0 Å². The summed E-state index contributed by atoms with van der Waals surface area (Å²) < 4.78 is 10.6. The van der Waals surface area contributed by atoms with E-state index in [0.29, 0.717) is 6.42 Å². The minimum absolute atomic E-state index is 0.0928. The van der Waals surface area contributed by atoms with Crippen LogP contribution in [0.3, 0.4) is 0 Å². The highest BCUT2D eigenvalue weighted by atomic mass is 16.6. The van der Waals surface area contributed by atoms with Crippen LogP contribution in [-0.4, -0.2) is 17.2 Å². The van der Waals surface area contributed by atoms with Crippen molar-refractivity contribution < 1.29 is 19.4 Å². The molecule has 1 aliphatic rings. The van der Waals surface area contributed by atoms with Gasteiger partial charge < -0.3 is 14.6 Å². The zero-order chi connectivity index (χ0) is 15.4. The van der Waals surface area contributed by atoms with Gasteiger partial charge in [-0.05, 0) is 11.1 Å². The van der Waals surface area contributed by atoms with E-state index in [1.807, 2.05) is 60.7 Å². The lowest BCUT2D eigenvalue weighted by molar-refractivity contribution is -0.143. The van der Waals surface area contributed by atoms with Crippen molar-refractivity contribution in [2.24, 2.45) is 0 Å². The molecule has 4 heteroatoms. The fraction of sp³-hybridized carbons (Fsp3) is 0.167. The third-order valence-corrected chi connectivity index (χ3v) is 3.46. The predicted molar refractivity (Wildman–Crippen MR) is 80.9 cm³/mol. The molecule has 2 aromatic carbocycles. The Kier molecular flexibility index (Phi) is 4.10. The molecule has 3 rings (SSSR count). The third-order valence-electron chi connectivity index (χ3n) is 3.46. The third kappa shape index (κ3) is 3.11. The first-order valence-electron chi connectivity index (χ1n) is 7.09. The van der Waals surface area contributed by atoms with E-state index in [-0.39, 0.29) is 18.1 Å². The van der Waals surface area contributed by atoms with Gasteiger partial charge in [0.1, 0.15) is 6.61 Å². The number of rotatable bonds is 5. The zero-order valence-electron chi connectivity index (χ0n) is 11.9. The Balaban J connectivity index is 1.68. The SMILES string of the molecule is O=C1OC(Cc2ccccc2)C(O)=C1OCc1ccccc1. The Bertz CT molecular complexity index is 677. The minimum atomic E-state index is -0.680. The van der Waals surface area contributed by atoms with Crippen molar-refractivity contribution >= 4 is 5.97 Å². The molecule has 0 bridgehead atoms. The van der Waals surface area contributed by atoms with Crippen molar-refractivity contribution in [1.29, 1.82) is 0 Å². The van der Waals surface area contributed by atoms with Gasteiger partial charge in [-0.1, -0.05) is 60.7 Å². The van der Waals surface area contributed by atoms with E-state index in [1.165, 1.54) is 0 Å². The molecule has 1 aliphatic heterocycles. The standard InChI is InChI=1S/C18H16O4/c19-16-15(11-13-7-3-1-4-8-13)22-18(20)17(16)21-12-14-9-5-2-6-10-14/h1-10,15,19H,11-12H2. The van der Waals surface area contributed by atoms with Crippen molar-refractivity contribution in [1.82, 2.24) is 0 Å². The Morgan fingerprint density at radius 2 is 1.55 bits per heavy atom. The molecule has 1 N–H and O–H groups in total. The topological polar surface area (TPSA) is 55.8 Å². The first-order valence-corrected chi connectivity index (χ1v) is 7.09. The number of carbonyl (C=O) groups excluding carboxylic acids is 1. The van der Waals surface area contributed by atoms with E-state index in [2.05, 4.69) is 0 Å². The molecule has 1 atom stereocenters. The maximum Gasteiger partial charge on any atom is 0.378 e. The lowest BCUT2D eigenvalue weighted by Crippen LogP contribution is -2.14. The number of carbonyl (C=O) groups is 1. The van der Waals surface area contributed by atoms with E-state index in [4.69, 9.17) is 9.47 Å². The van der Waals surface area contributed by atoms with Crippen molar-refractivity contribution in [3.63, 3.8) is 0 Å². The van der Waals surface area contributed by atoms with Crippen LogP contribution < -0.4 is 0 Å². The molecule has 0 saturated carbocycles. The van der Waals surface area contributed by atoms with Gasteiger partial charge in [-0.3, -0.25) is 0 Å². The van der Waals surface area contributed by atoms with Crippen LogP contribution >= 0.6 is 0 Å². The van der Waals surface area contributed by atoms with E-state index in [1.54, 1.807) is 0 Å². The molecule has 0 saturated heterocycles. The Hall–Kier alpha value is -2.75. The fourth-order valence-corrected chi connectivity index (χ4v) is 2.32. The smallest absolute Gasteiger partial charge is 0.378 e. The second kappa shape index (κ2) is 6.35. The summed E-state index contributed by atoms with van der Waals surface area (Å²) in [5.41, 5.74) is 1.90. The van der Waals surface area contributed by atoms with Crippen molar-refractivity contribution in [3.05, 3.63) is 83.3 Å². The fourth-order valence-electron chi connectivity index (χ4n) is 2.32. The molecule has 0 aromatic heterocycles. The second-order valence-electron chi connectivity index (χ2n) is 5.07. The predicted octanol–water partition coefficient (Wildman–Crippen LogP) is 3.14. The molecular formula is C18H16O4. The van der Waals surface area contributed by atoms with Gasteiger partial charge in [0.25, 0.3) is 0 Å². The summed E-state index contributed by atoms with van der Waals surface area (Å²) in [6.07, 6.45) is -0.253. The van der Waals surface area contributed by atoms with E-state index in [9.17, 15) is 9.90 Å². The molecule has 0 spiro atoms. The van der Waals surface area contributed by atoms with Crippen molar-refractivity contribution in [2.75, 3.05) is 0 Å². The largest absolute Gasteiger partial charge is 0.505 e. The molecule has 0 fully saturated rings. The number of hydrogen-bond acceptors (Lipinski definition) is 4. The number of hydrogen-bond donors (Lipinski definition) is 1. The highest BCUT2D eigenvalue weighted by Gasteiger charge is 2.36. The van der Waals surface area contributed by atoms with Gasteiger partial charge in [-0.2, -0.15) is 0 Å². The number of aliphatic hydroxyl groups excluding tert-OH is 1. The minimum Gasteiger partial charge on any atom is -0.505 e. The maximum absolute atomic E-state index is 11.8. The molecule has 0 amide bonds. The summed E-state index contributed by atoms with van der Waals surface area (Å²) in [6, 6.07) is 19.0. The van der Waals surface area contributed by atoms with Gasteiger partial charge in [-0.25, -0.2) is 4.79 Å². The number of esters is 1. The number of cyclic esters (lactones) is 1. The highest BCUT2D eigenvalue weighted by molar-refractivity contribution is 5.89. The normalized spacial score (nSPS) is 17.5. The van der Waals surface area contributed by atoms with Crippen molar-refractivity contribution in [2.45, 2.75) is 19.1 Å². The summed E-state index contributed by atoms with van der Waals surface area (Å²) in [5.74, 6) is -0.844. The average molecular weight is 296 g/mol. The molecule has 22 heavy (non-hydrogen) atoms. The first-order chi connectivity index (χ1) is 10.7. The Morgan fingerprint density at radius 1 is 0.955 bits per heavy atom. The van der Waals surface area contributed by atoms with E-state index >= 15 is 0 Å². The van der Waals surface area contributed by atoms with Crippen LogP contribution in [0, 0.1) is 0 Å². The summed E-state index contributed by atoms with van der Waals surface area (Å²) >= 11 is 0. The van der Waals surface area contributed by atoms with E-state index in [0.717, 1.165) is 11.1 Å². The molecule has 0 aliphatic carbocycles. The monoisotopic (exact) mass is 296 g/mol. The van der Waals surface area contributed by atoms with Crippen molar-refractivity contribution in [3.8, 4) is 0 Å². The lowest BCUT2D eigenvalue weighted by Gasteiger charge is -2.09. The lowest BCUT2D eigenvalue weighted by atomic mass is 10.1. The van der Waals surface area contributed by atoms with Gasteiger partial charge in [0, 0.05) is 6.42 Å². The van der Waals surface area contributed by atoms with Gasteiger partial charge >= 0.3 is 5.97 Å². The van der Waals surface area contributed by atoms with Crippen LogP contribution in [-0.2, 0) is 27.3 Å². The zero-order valence-corrected chi connectivity index (χ0v) is 11.9. The van der Waals surface area contributed by atoms with Crippen LogP contribution in [0.1, 0.15) is 11.1 Å². The maximum atomic E-state index is 11.8. The van der Waals surface area contributed by atoms with Gasteiger partial charge in [-0.15, -0.1) is 0 Å². The number of benzene rings is 2. The molecule has 1 heterocycles. The van der Waals surface area contributed by atoms with Crippen LogP contribution in [0.4, 0.5) is 0 Å². The van der Waals surface area contributed by atoms with E-state index < -0.39 is 12.1 Å². The summed E-state index contributed by atoms with van der Waals surface area (Å²) in [7, 11) is 0. The van der Waals surface area contributed by atoms with Crippen LogP contribution in [0.2, 0.25) is 0 Å². The summed E-state index contributed by atoms with van der Waals surface area (Å²) in [4.78, 5) is 11.8. The molecule has 112 valence electrons. The molecule has 0 radical (unpaired) electrons. The molecular weight excluding hydrogens is 280 g/mol.